The van der Waals surface area contributed by atoms with E-state index in [-0.39, 0.29) is 5.82 Å². The number of benzene rings is 1. The second kappa shape index (κ2) is 3.87. The first kappa shape index (κ1) is 10.3. The minimum absolute atomic E-state index is 0.206. The molecule has 2 heterocycles. The molecule has 4 heteroatoms. The number of nitrogens with one attached hydrogen (secondary N) is 1. The third-order valence-electron chi connectivity index (χ3n) is 3.15. The van der Waals surface area contributed by atoms with Gasteiger partial charge in [0, 0.05) is 24.2 Å². The summed E-state index contributed by atoms with van der Waals surface area (Å²) in [7, 11) is 0. The third-order valence-corrected chi connectivity index (χ3v) is 3.15. The molecule has 1 aromatic heterocycles. The first-order chi connectivity index (χ1) is 8.31. The molecular formula is C13H14FN3. The molecule has 1 aliphatic heterocycles. The average molecular weight is 231 g/mol. The maximum atomic E-state index is 13.8. The van der Waals surface area contributed by atoms with Crippen LogP contribution in [0.2, 0.25) is 0 Å². The van der Waals surface area contributed by atoms with Gasteiger partial charge in [0.15, 0.2) is 0 Å². The number of rotatable bonds is 2. The summed E-state index contributed by atoms with van der Waals surface area (Å²) >= 11 is 0. The van der Waals surface area contributed by atoms with Crippen molar-refractivity contribution >= 4 is 5.82 Å². The van der Waals surface area contributed by atoms with E-state index in [0.717, 1.165) is 36.6 Å². The van der Waals surface area contributed by atoms with Gasteiger partial charge in [-0.15, -0.1) is 0 Å². The Morgan fingerprint density at radius 1 is 1.41 bits per heavy atom. The van der Waals surface area contributed by atoms with Crippen LogP contribution in [0.15, 0.2) is 24.3 Å². The van der Waals surface area contributed by atoms with Crippen molar-refractivity contribution in [3.8, 4) is 11.3 Å². The van der Waals surface area contributed by atoms with E-state index in [0.29, 0.717) is 5.56 Å². The molecule has 0 unspecified atom stereocenters. The molecular weight excluding hydrogens is 217 g/mol. The van der Waals surface area contributed by atoms with E-state index in [2.05, 4.69) is 10.4 Å². The summed E-state index contributed by atoms with van der Waals surface area (Å²) < 4.78 is 15.7. The second-order valence-electron chi connectivity index (χ2n) is 4.15. The summed E-state index contributed by atoms with van der Waals surface area (Å²) in [6.45, 7) is 3.75. The molecule has 0 saturated heterocycles. The lowest BCUT2D eigenvalue weighted by Gasteiger charge is -2.02. The Morgan fingerprint density at radius 3 is 3.00 bits per heavy atom. The van der Waals surface area contributed by atoms with E-state index >= 15 is 0 Å². The van der Waals surface area contributed by atoms with Crippen molar-refractivity contribution in [2.24, 2.45) is 0 Å². The topological polar surface area (TPSA) is 29.9 Å². The lowest BCUT2D eigenvalue weighted by atomic mass is 10.1. The summed E-state index contributed by atoms with van der Waals surface area (Å²) in [5.74, 6) is 0.841. The van der Waals surface area contributed by atoms with Gasteiger partial charge in [-0.25, -0.2) is 9.07 Å². The number of halogens is 1. The summed E-state index contributed by atoms with van der Waals surface area (Å²) in [5.41, 5.74) is 2.52. The number of aryl methyl sites for hydroxylation is 1. The van der Waals surface area contributed by atoms with Crippen molar-refractivity contribution in [3.63, 3.8) is 0 Å². The van der Waals surface area contributed by atoms with Gasteiger partial charge in [0.05, 0.1) is 0 Å². The van der Waals surface area contributed by atoms with E-state index in [9.17, 15) is 4.39 Å². The molecule has 0 atom stereocenters. The van der Waals surface area contributed by atoms with Crippen LogP contribution in [0.1, 0.15) is 12.5 Å². The Kier molecular flexibility index (Phi) is 2.35. The Morgan fingerprint density at radius 2 is 2.24 bits per heavy atom. The highest BCUT2D eigenvalue weighted by atomic mass is 19.1. The van der Waals surface area contributed by atoms with Gasteiger partial charge in [-0.1, -0.05) is 12.1 Å². The molecule has 0 spiro atoms. The molecule has 0 amide bonds. The predicted molar refractivity (Wildman–Crippen MR) is 65.5 cm³/mol. The molecule has 1 aromatic carbocycles. The highest BCUT2D eigenvalue weighted by Gasteiger charge is 2.23. The van der Waals surface area contributed by atoms with E-state index in [1.807, 2.05) is 17.7 Å². The molecule has 1 N–H and O–H groups in total. The summed E-state index contributed by atoms with van der Waals surface area (Å²) in [4.78, 5) is 0. The van der Waals surface area contributed by atoms with E-state index in [4.69, 9.17) is 0 Å². The van der Waals surface area contributed by atoms with Crippen molar-refractivity contribution in [2.45, 2.75) is 19.9 Å². The number of aromatic nitrogens is 2. The van der Waals surface area contributed by atoms with Crippen LogP contribution >= 0.6 is 0 Å². The van der Waals surface area contributed by atoms with Gasteiger partial charge >= 0.3 is 0 Å². The van der Waals surface area contributed by atoms with Crippen molar-refractivity contribution in [1.82, 2.24) is 9.78 Å². The number of hydrogen-bond acceptors (Lipinski definition) is 2. The van der Waals surface area contributed by atoms with Gasteiger partial charge in [-0.05, 0) is 25.5 Å². The number of anilines is 1. The Bertz CT molecular complexity index is 560. The molecule has 0 saturated carbocycles. The molecule has 3 rings (SSSR count). The van der Waals surface area contributed by atoms with E-state index in [1.54, 1.807) is 12.1 Å². The van der Waals surface area contributed by atoms with E-state index in [1.165, 1.54) is 6.07 Å². The van der Waals surface area contributed by atoms with Crippen LogP contribution < -0.4 is 5.32 Å². The molecule has 0 aliphatic carbocycles. The molecule has 0 bridgehead atoms. The molecule has 2 aromatic rings. The van der Waals surface area contributed by atoms with Crippen molar-refractivity contribution in [1.29, 1.82) is 0 Å². The zero-order valence-electron chi connectivity index (χ0n) is 9.70. The Balaban J connectivity index is 2.19. The maximum Gasteiger partial charge on any atom is 0.132 e. The monoisotopic (exact) mass is 231 g/mol. The molecule has 88 valence electrons. The minimum Gasteiger partial charge on any atom is -0.370 e. The smallest absolute Gasteiger partial charge is 0.132 e. The highest BCUT2D eigenvalue weighted by Crippen LogP contribution is 2.33. The van der Waals surface area contributed by atoms with Gasteiger partial charge in [0.1, 0.15) is 17.3 Å². The van der Waals surface area contributed by atoms with Gasteiger partial charge in [0.25, 0.3) is 0 Å². The van der Waals surface area contributed by atoms with Crippen LogP contribution in [0.5, 0.6) is 0 Å². The standard InChI is InChI=1S/C13H14FN3/c1-2-17-13-10(7-8-15-13)12(16-17)9-5-3-4-6-11(9)14/h3-6,15H,2,7-8H2,1H3. The van der Waals surface area contributed by atoms with Crippen molar-refractivity contribution in [3.05, 3.63) is 35.6 Å². The first-order valence-electron chi connectivity index (χ1n) is 5.89. The molecule has 17 heavy (non-hydrogen) atoms. The summed E-state index contributed by atoms with van der Waals surface area (Å²) in [6.07, 6.45) is 0.916. The Labute approximate surface area is 99.3 Å². The van der Waals surface area contributed by atoms with E-state index < -0.39 is 0 Å². The fourth-order valence-electron chi connectivity index (χ4n) is 2.34. The van der Waals surface area contributed by atoms with Crippen LogP contribution in [0, 0.1) is 5.82 Å². The third kappa shape index (κ3) is 1.52. The normalized spacial score (nSPS) is 13.5. The van der Waals surface area contributed by atoms with Crippen LogP contribution in [0.4, 0.5) is 10.2 Å². The number of fused-ring (bicyclic) bond motifs is 1. The molecule has 0 radical (unpaired) electrons. The maximum absolute atomic E-state index is 13.8. The fourth-order valence-corrected chi connectivity index (χ4v) is 2.34. The molecule has 0 fully saturated rings. The zero-order chi connectivity index (χ0) is 11.8. The van der Waals surface area contributed by atoms with Gasteiger partial charge < -0.3 is 5.32 Å². The summed E-state index contributed by atoms with van der Waals surface area (Å²) in [5, 5.41) is 7.80. The van der Waals surface area contributed by atoms with Crippen LogP contribution in [0.3, 0.4) is 0 Å². The zero-order valence-corrected chi connectivity index (χ0v) is 9.70. The lowest BCUT2D eigenvalue weighted by Crippen LogP contribution is -2.04. The van der Waals surface area contributed by atoms with Crippen molar-refractivity contribution in [2.75, 3.05) is 11.9 Å². The summed E-state index contributed by atoms with van der Waals surface area (Å²) in [6, 6.07) is 6.82. The Hall–Kier alpha value is -1.84. The molecule has 3 nitrogen and oxygen atoms in total. The average Bonchev–Trinajstić information content (AvgIpc) is 2.91. The minimum atomic E-state index is -0.206. The SMILES string of the molecule is CCn1nc(-c2ccccc2F)c2c1NCC2. The lowest BCUT2D eigenvalue weighted by molar-refractivity contribution is 0.627. The van der Waals surface area contributed by atoms with Crippen LogP contribution in [-0.2, 0) is 13.0 Å². The predicted octanol–water partition coefficient (Wildman–Crippen LogP) is 2.68. The highest BCUT2D eigenvalue weighted by molar-refractivity contribution is 5.71. The first-order valence-corrected chi connectivity index (χ1v) is 5.89. The van der Waals surface area contributed by atoms with Crippen LogP contribution in [0.25, 0.3) is 11.3 Å². The second-order valence-corrected chi connectivity index (χ2v) is 4.15. The van der Waals surface area contributed by atoms with Gasteiger partial charge in [-0.3, -0.25) is 0 Å². The number of nitrogens with zero attached hydrogens (tertiary/aromatic N) is 2. The largest absolute Gasteiger partial charge is 0.370 e. The quantitative estimate of drug-likeness (QED) is 0.861. The molecule has 1 aliphatic rings. The van der Waals surface area contributed by atoms with Gasteiger partial charge in [-0.2, -0.15) is 5.10 Å². The fraction of sp³-hybridized carbons (Fsp3) is 0.308. The van der Waals surface area contributed by atoms with Crippen molar-refractivity contribution < 1.29 is 4.39 Å². The number of hydrogen-bond donors (Lipinski definition) is 1. The van der Waals surface area contributed by atoms with Crippen LogP contribution in [-0.4, -0.2) is 16.3 Å². The van der Waals surface area contributed by atoms with Gasteiger partial charge in [0.2, 0.25) is 0 Å².